The lowest BCUT2D eigenvalue weighted by atomic mass is 9.94. The second kappa shape index (κ2) is 6.92. The molecule has 94 valence electrons. The molecule has 1 heterocycles. The smallest absolute Gasteiger partial charge is 0.323 e. The number of amides is 1. The van der Waals surface area contributed by atoms with Crippen LogP contribution in [-0.2, 0) is 9.59 Å². The predicted octanol–water partition coefficient (Wildman–Crippen LogP) is -0.0775. The highest BCUT2D eigenvalue weighted by atomic mass is 16.4. The summed E-state index contributed by atoms with van der Waals surface area (Å²) in [5.74, 6) is 1.48. The molecule has 0 aliphatic carbocycles. The van der Waals surface area contributed by atoms with Crippen molar-refractivity contribution in [2.45, 2.75) is 19.3 Å². The number of aliphatic carboxylic acids is 1. The second-order valence-electron chi connectivity index (χ2n) is 4.25. The molecule has 1 aliphatic heterocycles. The summed E-state index contributed by atoms with van der Waals surface area (Å²) in [4.78, 5) is 23.7. The summed E-state index contributed by atoms with van der Waals surface area (Å²) in [5, 5.41) is 11.9. The first kappa shape index (κ1) is 13.5. The van der Waals surface area contributed by atoms with E-state index in [0.29, 0.717) is 12.3 Å². The van der Waals surface area contributed by atoms with Gasteiger partial charge in [-0.25, -0.2) is 0 Å². The molecule has 0 atom stereocenters. The molecule has 0 unspecified atom stereocenters. The molecule has 5 nitrogen and oxygen atoms in total. The molecule has 1 fully saturated rings. The van der Waals surface area contributed by atoms with Crippen LogP contribution in [0.3, 0.4) is 0 Å². The Bertz CT molecular complexity index is 316. The standard InChI is InChI=1S/C12H18N2O3/c1-2-7-14(9-12(16)17)11(15)8-10-3-5-13-6-4-10/h1,10,13H,3-9H2,(H,16,17). The number of nitrogens with one attached hydrogen (secondary N) is 1. The Morgan fingerprint density at radius 1 is 1.41 bits per heavy atom. The van der Waals surface area contributed by atoms with Crippen LogP contribution in [0, 0.1) is 18.3 Å². The zero-order chi connectivity index (χ0) is 12.7. The van der Waals surface area contributed by atoms with Gasteiger partial charge in [0.15, 0.2) is 0 Å². The van der Waals surface area contributed by atoms with Gasteiger partial charge in [-0.3, -0.25) is 9.59 Å². The zero-order valence-electron chi connectivity index (χ0n) is 9.82. The first-order chi connectivity index (χ1) is 8.13. The summed E-state index contributed by atoms with van der Waals surface area (Å²) in [6.45, 7) is 1.60. The van der Waals surface area contributed by atoms with Gasteiger partial charge in [0.1, 0.15) is 6.54 Å². The van der Waals surface area contributed by atoms with E-state index >= 15 is 0 Å². The first-order valence-corrected chi connectivity index (χ1v) is 5.77. The number of carboxylic acid groups (broad SMARTS) is 1. The maximum Gasteiger partial charge on any atom is 0.323 e. The Morgan fingerprint density at radius 2 is 2.06 bits per heavy atom. The SMILES string of the molecule is C#CCN(CC(=O)O)C(=O)CC1CCNCC1. The van der Waals surface area contributed by atoms with Crippen LogP contribution in [0.25, 0.3) is 0 Å². The molecule has 0 radical (unpaired) electrons. The number of hydrogen-bond acceptors (Lipinski definition) is 3. The van der Waals surface area contributed by atoms with Crippen LogP contribution in [0.5, 0.6) is 0 Å². The van der Waals surface area contributed by atoms with Crippen LogP contribution in [-0.4, -0.2) is 48.1 Å². The molecule has 2 N–H and O–H groups in total. The van der Waals surface area contributed by atoms with Gasteiger partial charge >= 0.3 is 5.97 Å². The van der Waals surface area contributed by atoms with Crippen LogP contribution in [0.2, 0.25) is 0 Å². The third kappa shape index (κ3) is 4.87. The van der Waals surface area contributed by atoms with E-state index in [-0.39, 0.29) is 19.0 Å². The normalized spacial score (nSPS) is 16.2. The molecule has 0 spiro atoms. The molecule has 0 aromatic rings. The first-order valence-electron chi connectivity index (χ1n) is 5.77. The van der Waals surface area contributed by atoms with Gasteiger partial charge in [0.2, 0.25) is 5.91 Å². The average Bonchev–Trinajstić information content (AvgIpc) is 2.29. The molecule has 1 amide bonds. The van der Waals surface area contributed by atoms with Gasteiger partial charge in [-0.05, 0) is 31.8 Å². The van der Waals surface area contributed by atoms with E-state index in [1.807, 2.05) is 0 Å². The minimum Gasteiger partial charge on any atom is -0.480 e. The lowest BCUT2D eigenvalue weighted by Crippen LogP contribution is -2.38. The van der Waals surface area contributed by atoms with Crippen LogP contribution in [0.4, 0.5) is 0 Å². The topological polar surface area (TPSA) is 69.6 Å². The van der Waals surface area contributed by atoms with Gasteiger partial charge in [-0.15, -0.1) is 6.42 Å². The molecule has 0 aromatic carbocycles. The summed E-state index contributed by atoms with van der Waals surface area (Å²) >= 11 is 0. The number of terminal acetylenes is 1. The number of nitrogens with zero attached hydrogens (tertiary/aromatic N) is 1. The van der Waals surface area contributed by atoms with E-state index in [2.05, 4.69) is 11.2 Å². The van der Waals surface area contributed by atoms with E-state index in [0.717, 1.165) is 25.9 Å². The number of rotatable bonds is 5. The van der Waals surface area contributed by atoms with Gasteiger partial charge in [0, 0.05) is 6.42 Å². The number of carboxylic acids is 1. The average molecular weight is 238 g/mol. The minimum absolute atomic E-state index is 0.0656. The molecule has 5 heteroatoms. The number of carbonyl (C=O) groups excluding carboxylic acids is 1. The van der Waals surface area contributed by atoms with Crippen molar-refractivity contribution in [2.75, 3.05) is 26.2 Å². The van der Waals surface area contributed by atoms with Gasteiger partial charge in [0.25, 0.3) is 0 Å². The molecule has 1 aliphatic rings. The number of piperidine rings is 1. The lowest BCUT2D eigenvalue weighted by Gasteiger charge is -2.25. The second-order valence-corrected chi connectivity index (χ2v) is 4.25. The Morgan fingerprint density at radius 3 is 2.59 bits per heavy atom. The van der Waals surface area contributed by atoms with Crippen LogP contribution < -0.4 is 5.32 Å². The van der Waals surface area contributed by atoms with Crippen molar-refractivity contribution < 1.29 is 14.7 Å². The minimum atomic E-state index is -1.03. The molecule has 17 heavy (non-hydrogen) atoms. The monoisotopic (exact) mass is 238 g/mol. The third-order valence-electron chi connectivity index (χ3n) is 2.88. The molecule has 0 saturated carbocycles. The van der Waals surface area contributed by atoms with Crippen LogP contribution in [0.15, 0.2) is 0 Å². The fourth-order valence-corrected chi connectivity index (χ4v) is 1.97. The van der Waals surface area contributed by atoms with Gasteiger partial charge in [-0.1, -0.05) is 5.92 Å². The maximum atomic E-state index is 11.9. The Kier molecular flexibility index (Phi) is 5.50. The van der Waals surface area contributed by atoms with E-state index in [9.17, 15) is 9.59 Å². The lowest BCUT2D eigenvalue weighted by molar-refractivity contribution is -0.144. The molecular formula is C12H18N2O3. The van der Waals surface area contributed by atoms with Gasteiger partial charge in [-0.2, -0.15) is 0 Å². The number of hydrogen-bond donors (Lipinski definition) is 2. The fraction of sp³-hybridized carbons (Fsp3) is 0.667. The van der Waals surface area contributed by atoms with E-state index < -0.39 is 5.97 Å². The highest BCUT2D eigenvalue weighted by Gasteiger charge is 2.21. The van der Waals surface area contributed by atoms with Crippen molar-refractivity contribution in [2.24, 2.45) is 5.92 Å². The molecule has 0 bridgehead atoms. The summed E-state index contributed by atoms with van der Waals surface area (Å²) in [7, 11) is 0. The third-order valence-corrected chi connectivity index (χ3v) is 2.88. The van der Waals surface area contributed by atoms with E-state index in [1.54, 1.807) is 0 Å². The van der Waals surface area contributed by atoms with Crippen molar-refractivity contribution in [3.63, 3.8) is 0 Å². The summed E-state index contributed by atoms with van der Waals surface area (Å²) in [6, 6.07) is 0. The van der Waals surface area contributed by atoms with Gasteiger partial charge < -0.3 is 15.3 Å². The van der Waals surface area contributed by atoms with Crippen molar-refractivity contribution in [3.05, 3.63) is 0 Å². The zero-order valence-corrected chi connectivity index (χ0v) is 9.82. The fourth-order valence-electron chi connectivity index (χ4n) is 1.97. The van der Waals surface area contributed by atoms with E-state index in [4.69, 9.17) is 11.5 Å². The molecule has 1 rings (SSSR count). The van der Waals surface area contributed by atoms with Gasteiger partial charge in [0.05, 0.1) is 6.54 Å². The van der Waals surface area contributed by atoms with Crippen LogP contribution >= 0.6 is 0 Å². The van der Waals surface area contributed by atoms with Crippen molar-refractivity contribution in [1.82, 2.24) is 10.2 Å². The highest BCUT2D eigenvalue weighted by Crippen LogP contribution is 2.17. The Labute approximate surface area is 101 Å². The van der Waals surface area contributed by atoms with Crippen molar-refractivity contribution >= 4 is 11.9 Å². The number of carbonyl (C=O) groups is 2. The summed E-state index contributed by atoms with van der Waals surface area (Å²) in [5.41, 5.74) is 0. The van der Waals surface area contributed by atoms with Crippen molar-refractivity contribution in [1.29, 1.82) is 0 Å². The predicted molar refractivity (Wildman–Crippen MR) is 63.3 cm³/mol. The van der Waals surface area contributed by atoms with Crippen LogP contribution in [0.1, 0.15) is 19.3 Å². The Hall–Kier alpha value is -1.54. The maximum absolute atomic E-state index is 11.9. The highest BCUT2D eigenvalue weighted by molar-refractivity contribution is 5.81. The molecule has 1 saturated heterocycles. The summed E-state index contributed by atoms with van der Waals surface area (Å²) in [6.07, 6.45) is 7.45. The molecular weight excluding hydrogens is 220 g/mol. The molecule has 0 aromatic heterocycles. The Balaban J connectivity index is 2.46. The summed E-state index contributed by atoms with van der Waals surface area (Å²) < 4.78 is 0. The van der Waals surface area contributed by atoms with E-state index in [1.165, 1.54) is 4.90 Å². The quantitative estimate of drug-likeness (QED) is 0.657. The van der Waals surface area contributed by atoms with Crippen molar-refractivity contribution in [3.8, 4) is 12.3 Å². The largest absolute Gasteiger partial charge is 0.480 e.